The van der Waals surface area contributed by atoms with Crippen molar-refractivity contribution in [1.29, 1.82) is 0 Å². The van der Waals surface area contributed by atoms with Crippen LogP contribution in [0.2, 0.25) is 0 Å². The van der Waals surface area contributed by atoms with Gasteiger partial charge in [-0.25, -0.2) is 0 Å². The van der Waals surface area contributed by atoms with Crippen molar-refractivity contribution in [2.75, 3.05) is 7.11 Å². The Bertz CT molecular complexity index is 180. The molecular formula is C8H14O3. The summed E-state index contributed by atoms with van der Waals surface area (Å²) in [6, 6.07) is 0. The van der Waals surface area contributed by atoms with Crippen LogP contribution in [-0.4, -0.2) is 23.8 Å². The second-order valence-electron chi connectivity index (χ2n) is 3.65. The number of aliphatic hydroxyl groups is 1. The van der Waals surface area contributed by atoms with E-state index in [0.29, 0.717) is 12.8 Å². The molecular weight excluding hydrogens is 144 g/mol. The normalized spacial score (nSPS) is 21.1. The molecule has 0 aliphatic heterocycles. The number of hydrogen-bond acceptors (Lipinski definition) is 3. The van der Waals surface area contributed by atoms with Gasteiger partial charge in [0.15, 0.2) is 0 Å². The summed E-state index contributed by atoms with van der Waals surface area (Å²) < 4.78 is 4.58. The number of methoxy groups -OCH3 is 1. The van der Waals surface area contributed by atoms with Crippen molar-refractivity contribution in [2.45, 2.75) is 32.3 Å². The Labute approximate surface area is 66.4 Å². The number of esters is 1. The van der Waals surface area contributed by atoms with Gasteiger partial charge in [-0.3, -0.25) is 4.79 Å². The molecule has 0 heterocycles. The van der Waals surface area contributed by atoms with Crippen LogP contribution >= 0.6 is 0 Å². The average Bonchev–Trinajstić information content (AvgIpc) is 2.67. The zero-order valence-electron chi connectivity index (χ0n) is 7.18. The van der Waals surface area contributed by atoms with Crippen molar-refractivity contribution in [1.82, 2.24) is 0 Å². The van der Waals surface area contributed by atoms with E-state index in [1.165, 1.54) is 7.11 Å². The van der Waals surface area contributed by atoms with Gasteiger partial charge in [0, 0.05) is 0 Å². The Hall–Kier alpha value is -0.570. The minimum atomic E-state index is -0.805. The second kappa shape index (κ2) is 2.21. The number of rotatable bonds is 2. The van der Waals surface area contributed by atoms with Crippen molar-refractivity contribution in [3.05, 3.63) is 0 Å². The summed E-state index contributed by atoms with van der Waals surface area (Å²) in [6.07, 6.45) is 1.41. The van der Waals surface area contributed by atoms with Gasteiger partial charge in [0.1, 0.15) is 0 Å². The van der Waals surface area contributed by atoms with E-state index in [-0.39, 0.29) is 5.97 Å². The Morgan fingerprint density at radius 3 is 2.27 bits per heavy atom. The molecule has 3 heteroatoms. The Balaban J connectivity index is 2.73. The van der Waals surface area contributed by atoms with Gasteiger partial charge in [-0.15, -0.1) is 0 Å². The van der Waals surface area contributed by atoms with Crippen molar-refractivity contribution in [3.63, 3.8) is 0 Å². The number of carbonyl (C=O) groups is 1. The summed E-state index contributed by atoms with van der Waals surface area (Å²) in [5, 5.41) is 9.66. The summed E-state index contributed by atoms with van der Waals surface area (Å²) >= 11 is 0. The standard InChI is InChI=1S/C8H14O3/c1-7(2,6(9)11-3)8(10)4-5-8/h10H,4-5H2,1-3H3. The molecule has 1 fully saturated rings. The molecule has 0 aromatic rings. The monoisotopic (exact) mass is 158 g/mol. The molecule has 0 amide bonds. The highest BCUT2D eigenvalue weighted by Crippen LogP contribution is 2.50. The summed E-state index contributed by atoms with van der Waals surface area (Å²) in [4.78, 5) is 11.1. The molecule has 1 N–H and O–H groups in total. The van der Waals surface area contributed by atoms with Crippen molar-refractivity contribution in [3.8, 4) is 0 Å². The Kier molecular flexibility index (Phi) is 1.71. The van der Waals surface area contributed by atoms with Gasteiger partial charge in [-0.1, -0.05) is 0 Å². The summed E-state index contributed by atoms with van der Waals surface area (Å²) in [5.74, 6) is -0.336. The SMILES string of the molecule is COC(=O)C(C)(C)C1(O)CC1. The van der Waals surface area contributed by atoms with Gasteiger partial charge in [-0.2, -0.15) is 0 Å². The molecule has 3 nitrogen and oxygen atoms in total. The minimum Gasteiger partial charge on any atom is -0.469 e. The summed E-state index contributed by atoms with van der Waals surface area (Å²) in [5.41, 5.74) is -1.55. The quantitative estimate of drug-likeness (QED) is 0.602. The van der Waals surface area contributed by atoms with E-state index in [1.807, 2.05) is 0 Å². The lowest BCUT2D eigenvalue weighted by atomic mass is 9.84. The third-order valence-corrected chi connectivity index (χ3v) is 2.58. The molecule has 64 valence electrons. The molecule has 0 spiro atoms. The molecule has 0 bridgehead atoms. The van der Waals surface area contributed by atoms with E-state index in [0.717, 1.165) is 0 Å². The van der Waals surface area contributed by atoms with E-state index in [9.17, 15) is 9.90 Å². The number of ether oxygens (including phenoxy) is 1. The summed E-state index contributed by atoms with van der Waals surface area (Å²) in [7, 11) is 1.34. The molecule has 1 aliphatic rings. The van der Waals surface area contributed by atoms with E-state index in [2.05, 4.69) is 4.74 Å². The third-order valence-electron chi connectivity index (χ3n) is 2.58. The molecule has 1 aliphatic carbocycles. The average molecular weight is 158 g/mol. The number of carbonyl (C=O) groups excluding carboxylic acids is 1. The predicted molar refractivity (Wildman–Crippen MR) is 40.0 cm³/mol. The number of hydrogen-bond donors (Lipinski definition) is 1. The van der Waals surface area contributed by atoms with Crippen LogP contribution in [0.5, 0.6) is 0 Å². The van der Waals surface area contributed by atoms with Crippen LogP contribution in [0.25, 0.3) is 0 Å². The first-order chi connectivity index (χ1) is 4.94. The van der Waals surface area contributed by atoms with E-state index >= 15 is 0 Å². The minimum absolute atomic E-state index is 0.336. The lowest BCUT2D eigenvalue weighted by molar-refractivity contribution is -0.159. The fourth-order valence-electron chi connectivity index (χ4n) is 1.19. The Morgan fingerprint density at radius 2 is 2.00 bits per heavy atom. The molecule has 0 unspecified atom stereocenters. The van der Waals surface area contributed by atoms with Crippen molar-refractivity contribution >= 4 is 5.97 Å². The van der Waals surface area contributed by atoms with Gasteiger partial charge >= 0.3 is 5.97 Å². The zero-order chi connectivity index (χ0) is 8.70. The fourth-order valence-corrected chi connectivity index (χ4v) is 1.19. The smallest absolute Gasteiger partial charge is 0.314 e. The van der Waals surface area contributed by atoms with Crippen LogP contribution in [0.1, 0.15) is 26.7 Å². The molecule has 0 aromatic carbocycles. The maximum atomic E-state index is 11.1. The van der Waals surface area contributed by atoms with Gasteiger partial charge in [0.2, 0.25) is 0 Å². The molecule has 1 saturated carbocycles. The molecule has 1 rings (SSSR count). The Morgan fingerprint density at radius 1 is 1.55 bits per heavy atom. The van der Waals surface area contributed by atoms with Crippen molar-refractivity contribution in [2.24, 2.45) is 5.41 Å². The zero-order valence-corrected chi connectivity index (χ0v) is 7.18. The molecule has 0 saturated heterocycles. The highest BCUT2D eigenvalue weighted by Gasteiger charge is 2.57. The molecule has 11 heavy (non-hydrogen) atoms. The maximum Gasteiger partial charge on any atom is 0.314 e. The van der Waals surface area contributed by atoms with Gasteiger partial charge in [-0.05, 0) is 26.7 Å². The van der Waals surface area contributed by atoms with Gasteiger partial charge in [0.25, 0.3) is 0 Å². The second-order valence-corrected chi connectivity index (χ2v) is 3.65. The lowest BCUT2D eigenvalue weighted by Crippen LogP contribution is -2.39. The highest BCUT2D eigenvalue weighted by molar-refractivity contribution is 5.78. The van der Waals surface area contributed by atoms with Crippen molar-refractivity contribution < 1.29 is 14.6 Å². The predicted octanol–water partition coefficient (Wildman–Crippen LogP) is 0.710. The molecule has 0 aromatic heterocycles. The van der Waals surface area contributed by atoms with Crippen LogP contribution in [-0.2, 0) is 9.53 Å². The van der Waals surface area contributed by atoms with Crippen LogP contribution in [0.15, 0.2) is 0 Å². The third kappa shape index (κ3) is 1.13. The first kappa shape index (κ1) is 8.53. The van der Waals surface area contributed by atoms with Crippen LogP contribution in [0.4, 0.5) is 0 Å². The fraction of sp³-hybridized carbons (Fsp3) is 0.875. The van der Waals surface area contributed by atoms with Gasteiger partial charge in [0.05, 0.1) is 18.1 Å². The lowest BCUT2D eigenvalue weighted by Gasteiger charge is -2.27. The topological polar surface area (TPSA) is 46.5 Å². The highest BCUT2D eigenvalue weighted by atomic mass is 16.5. The summed E-state index contributed by atoms with van der Waals surface area (Å²) in [6.45, 7) is 3.43. The van der Waals surface area contributed by atoms with Crippen LogP contribution < -0.4 is 0 Å². The van der Waals surface area contributed by atoms with Crippen LogP contribution in [0, 0.1) is 5.41 Å². The van der Waals surface area contributed by atoms with Gasteiger partial charge < -0.3 is 9.84 Å². The van der Waals surface area contributed by atoms with E-state index in [4.69, 9.17) is 0 Å². The maximum absolute atomic E-state index is 11.1. The van der Waals surface area contributed by atoms with E-state index in [1.54, 1.807) is 13.8 Å². The molecule has 0 radical (unpaired) electrons. The largest absolute Gasteiger partial charge is 0.469 e. The first-order valence-corrected chi connectivity index (χ1v) is 3.75. The molecule has 0 atom stereocenters. The van der Waals surface area contributed by atoms with Crippen LogP contribution in [0.3, 0.4) is 0 Å². The first-order valence-electron chi connectivity index (χ1n) is 3.75. The van der Waals surface area contributed by atoms with E-state index < -0.39 is 11.0 Å².